The Morgan fingerprint density at radius 3 is 2.89 bits per heavy atom. The summed E-state index contributed by atoms with van der Waals surface area (Å²) >= 11 is 2.27. The molecular formula is C14H8IN3. The van der Waals surface area contributed by atoms with Gasteiger partial charge in [0.15, 0.2) is 5.65 Å². The number of pyridine rings is 1. The zero-order chi connectivity index (χ0) is 12.5. The van der Waals surface area contributed by atoms with Gasteiger partial charge in [-0.1, -0.05) is 12.1 Å². The van der Waals surface area contributed by atoms with Crippen LogP contribution in [0.3, 0.4) is 0 Å². The molecule has 0 amide bonds. The van der Waals surface area contributed by atoms with Gasteiger partial charge in [0.25, 0.3) is 0 Å². The Morgan fingerprint density at radius 1 is 1.22 bits per heavy atom. The minimum absolute atomic E-state index is 0.652. The van der Waals surface area contributed by atoms with Crippen LogP contribution in [0.15, 0.2) is 48.8 Å². The molecule has 3 aromatic rings. The third-order valence-corrected chi connectivity index (χ3v) is 3.56. The van der Waals surface area contributed by atoms with Crippen molar-refractivity contribution in [3.05, 3.63) is 57.9 Å². The van der Waals surface area contributed by atoms with Crippen LogP contribution in [0.2, 0.25) is 0 Å². The summed E-state index contributed by atoms with van der Waals surface area (Å²) in [5.41, 5.74) is 3.44. The monoisotopic (exact) mass is 345 g/mol. The van der Waals surface area contributed by atoms with Crippen molar-refractivity contribution in [1.82, 2.24) is 9.38 Å². The summed E-state index contributed by atoms with van der Waals surface area (Å²) < 4.78 is 3.11. The number of fused-ring (bicyclic) bond motifs is 1. The van der Waals surface area contributed by atoms with E-state index < -0.39 is 0 Å². The zero-order valence-corrected chi connectivity index (χ0v) is 11.5. The van der Waals surface area contributed by atoms with E-state index in [0.29, 0.717) is 5.56 Å². The van der Waals surface area contributed by atoms with Gasteiger partial charge in [0.1, 0.15) is 0 Å². The summed E-state index contributed by atoms with van der Waals surface area (Å²) in [4.78, 5) is 4.60. The van der Waals surface area contributed by atoms with Crippen molar-refractivity contribution in [2.24, 2.45) is 0 Å². The number of benzene rings is 1. The van der Waals surface area contributed by atoms with Crippen molar-refractivity contribution < 1.29 is 0 Å². The molecule has 0 atom stereocenters. The molecule has 86 valence electrons. The van der Waals surface area contributed by atoms with Gasteiger partial charge in [-0.2, -0.15) is 5.26 Å². The van der Waals surface area contributed by atoms with Gasteiger partial charge in [-0.15, -0.1) is 0 Å². The standard InChI is InChI=1S/C14H8IN3/c15-12-5-2-6-18-9-13(17-14(12)18)11-4-1-3-10(7-11)8-16/h1-7,9H. The number of hydrogen-bond donors (Lipinski definition) is 0. The molecule has 2 heterocycles. The van der Waals surface area contributed by atoms with E-state index in [1.165, 1.54) is 0 Å². The van der Waals surface area contributed by atoms with Crippen molar-refractivity contribution in [3.8, 4) is 17.3 Å². The lowest BCUT2D eigenvalue weighted by atomic mass is 10.1. The van der Waals surface area contributed by atoms with Crippen LogP contribution in [-0.2, 0) is 0 Å². The molecule has 0 aliphatic carbocycles. The lowest BCUT2D eigenvalue weighted by Crippen LogP contribution is -1.83. The molecule has 2 aromatic heterocycles. The minimum Gasteiger partial charge on any atom is -0.306 e. The van der Waals surface area contributed by atoms with Gasteiger partial charge in [-0.05, 0) is 46.9 Å². The number of aromatic nitrogens is 2. The Bertz CT molecular complexity index is 768. The first-order valence-electron chi connectivity index (χ1n) is 5.42. The van der Waals surface area contributed by atoms with Crippen molar-refractivity contribution in [3.63, 3.8) is 0 Å². The van der Waals surface area contributed by atoms with Gasteiger partial charge in [-0.25, -0.2) is 4.98 Å². The number of halogens is 1. The summed E-state index contributed by atoms with van der Waals surface area (Å²) in [5.74, 6) is 0. The van der Waals surface area contributed by atoms with Gasteiger partial charge >= 0.3 is 0 Å². The Morgan fingerprint density at radius 2 is 2.11 bits per heavy atom. The fourth-order valence-corrected chi connectivity index (χ4v) is 2.47. The predicted octanol–water partition coefficient (Wildman–Crippen LogP) is 3.48. The van der Waals surface area contributed by atoms with Crippen LogP contribution in [0.25, 0.3) is 16.9 Å². The number of nitrogens with zero attached hydrogens (tertiary/aromatic N) is 3. The Kier molecular flexibility index (Phi) is 2.76. The van der Waals surface area contributed by atoms with E-state index in [-0.39, 0.29) is 0 Å². The first-order valence-corrected chi connectivity index (χ1v) is 6.49. The summed E-state index contributed by atoms with van der Waals surface area (Å²) in [6.45, 7) is 0. The molecule has 18 heavy (non-hydrogen) atoms. The van der Waals surface area contributed by atoms with E-state index in [2.05, 4.69) is 33.6 Å². The van der Waals surface area contributed by atoms with Crippen LogP contribution in [0.5, 0.6) is 0 Å². The lowest BCUT2D eigenvalue weighted by molar-refractivity contribution is 1.18. The third-order valence-electron chi connectivity index (χ3n) is 2.72. The van der Waals surface area contributed by atoms with Crippen LogP contribution < -0.4 is 0 Å². The van der Waals surface area contributed by atoms with Crippen LogP contribution in [-0.4, -0.2) is 9.38 Å². The normalized spacial score (nSPS) is 10.4. The second-order valence-corrected chi connectivity index (χ2v) is 5.07. The minimum atomic E-state index is 0.652. The zero-order valence-electron chi connectivity index (χ0n) is 9.34. The van der Waals surface area contributed by atoms with E-state index in [9.17, 15) is 0 Å². The summed E-state index contributed by atoms with van der Waals surface area (Å²) in [6.07, 6.45) is 3.95. The van der Waals surface area contributed by atoms with Gasteiger partial charge in [0, 0.05) is 18.0 Å². The van der Waals surface area contributed by atoms with Crippen molar-refractivity contribution >= 4 is 28.2 Å². The first-order chi connectivity index (χ1) is 8.78. The Balaban J connectivity index is 2.20. The van der Waals surface area contributed by atoms with E-state index in [4.69, 9.17) is 5.26 Å². The predicted molar refractivity (Wildman–Crippen MR) is 78.1 cm³/mol. The highest BCUT2D eigenvalue weighted by Crippen LogP contribution is 2.22. The molecule has 1 aromatic carbocycles. The van der Waals surface area contributed by atoms with Gasteiger partial charge in [-0.3, -0.25) is 0 Å². The molecule has 0 aliphatic heterocycles. The number of nitriles is 1. The molecule has 0 saturated heterocycles. The van der Waals surface area contributed by atoms with Crippen LogP contribution in [0, 0.1) is 14.9 Å². The molecule has 0 radical (unpaired) electrons. The molecule has 0 unspecified atom stereocenters. The largest absolute Gasteiger partial charge is 0.306 e. The summed E-state index contributed by atoms with van der Waals surface area (Å²) in [6, 6.07) is 13.7. The molecule has 0 N–H and O–H groups in total. The SMILES string of the molecule is N#Cc1cccc(-c2cn3cccc(I)c3n2)c1. The lowest BCUT2D eigenvalue weighted by Gasteiger charge is -1.95. The first kappa shape index (κ1) is 11.2. The molecule has 0 bridgehead atoms. The van der Waals surface area contributed by atoms with Crippen LogP contribution in [0.1, 0.15) is 5.56 Å². The molecular weight excluding hydrogens is 337 g/mol. The fraction of sp³-hybridized carbons (Fsp3) is 0. The van der Waals surface area contributed by atoms with E-state index in [1.807, 2.05) is 47.1 Å². The number of rotatable bonds is 1. The highest BCUT2D eigenvalue weighted by Gasteiger charge is 2.06. The highest BCUT2D eigenvalue weighted by molar-refractivity contribution is 14.1. The average molecular weight is 345 g/mol. The third kappa shape index (κ3) is 1.87. The van der Waals surface area contributed by atoms with Crippen molar-refractivity contribution in [1.29, 1.82) is 5.26 Å². The maximum absolute atomic E-state index is 8.92. The molecule has 4 heteroatoms. The number of hydrogen-bond acceptors (Lipinski definition) is 2. The van der Waals surface area contributed by atoms with Gasteiger partial charge in [0.2, 0.25) is 0 Å². The molecule has 0 fully saturated rings. The molecule has 0 saturated carbocycles. The van der Waals surface area contributed by atoms with E-state index in [0.717, 1.165) is 20.5 Å². The summed E-state index contributed by atoms with van der Waals surface area (Å²) in [7, 11) is 0. The quantitative estimate of drug-likeness (QED) is 0.634. The second-order valence-electron chi connectivity index (χ2n) is 3.91. The topological polar surface area (TPSA) is 41.1 Å². The maximum Gasteiger partial charge on any atom is 0.150 e. The smallest absolute Gasteiger partial charge is 0.150 e. The van der Waals surface area contributed by atoms with Crippen molar-refractivity contribution in [2.75, 3.05) is 0 Å². The maximum atomic E-state index is 8.92. The van der Waals surface area contributed by atoms with Crippen LogP contribution >= 0.6 is 22.6 Å². The summed E-state index contributed by atoms with van der Waals surface area (Å²) in [5, 5.41) is 8.92. The van der Waals surface area contributed by atoms with E-state index in [1.54, 1.807) is 6.07 Å². The van der Waals surface area contributed by atoms with Crippen LogP contribution in [0.4, 0.5) is 0 Å². The average Bonchev–Trinajstić information content (AvgIpc) is 2.84. The highest BCUT2D eigenvalue weighted by atomic mass is 127. The van der Waals surface area contributed by atoms with Crippen molar-refractivity contribution in [2.45, 2.75) is 0 Å². The van der Waals surface area contributed by atoms with E-state index >= 15 is 0 Å². The molecule has 0 spiro atoms. The second kappa shape index (κ2) is 4.42. The molecule has 3 rings (SSSR count). The Labute approximate surface area is 118 Å². The molecule has 3 nitrogen and oxygen atoms in total. The van der Waals surface area contributed by atoms with Gasteiger partial charge < -0.3 is 4.40 Å². The fourth-order valence-electron chi connectivity index (χ4n) is 1.87. The number of imidazole rings is 1. The van der Waals surface area contributed by atoms with Gasteiger partial charge in [0.05, 0.1) is 20.9 Å². The molecule has 0 aliphatic rings. The Hall–Kier alpha value is -1.87.